The van der Waals surface area contributed by atoms with Gasteiger partial charge < -0.3 is 15.7 Å². The highest BCUT2D eigenvalue weighted by atomic mass is 127. The zero-order valence-corrected chi connectivity index (χ0v) is 15.1. The lowest BCUT2D eigenvalue weighted by Crippen LogP contribution is -2.37. The second-order valence-corrected chi connectivity index (χ2v) is 5.17. The summed E-state index contributed by atoms with van der Waals surface area (Å²) in [5.74, 6) is 0.461. The summed E-state index contributed by atoms with van der Waals surface area (Å²) in [7, 11) is 1.70. The molecule has 21 heavy (non-hydrogen) atoms. The maximum absolute atomic E-state index is 13.2. The van der Waals surface area contributed by atoms with E-state index < -0.39 is 5.82 Å². The monoisotopic (exact) mass is 409 g/mol. The molecule has 1 rings (SSSR count). The number of aliphatic imine (C=N–C) groups is 1. The molecule has 120 valence electrons. The molecule has 0 radical (unpaired) electrons. The van der Waals surface area contributed by atoms with Crippen LogP contribution in [0.1, 0.15) is 32.3 Å². The van der Waals surface area contributed by atoms with Gasteiger partial charge in [0.15, 0.2) is 17.5 Å². The topological polar surface area (TPSA) is 56.7 Å². The van der Waals surface area contributed by atoms with Gasteiger partial charge in [0.05, 0.1) is 0 Å². The minimum atomic E-state index is -0.607. The molecule has 0 spiro atoms. The van der Waals surface area contributed by atoms with E-state index in [-0.39, 0.29) is 29.7 Å². The van der Waals surface area contributed by atoms with E-state index in [0.29, 0.717) is 18.4 Å². The Kier molecular flexibility index (Phi) is 10.1. The zero-order valence-electron chi connectivity index (χ0n) is 12.8. The van der Waals surface area contributed by atoms with Crippen molar-refractivity contribution in [2.45, 2.75) is 33.2 Å². The average molecular weight is 409 g/mol. The van der Waals surface area contributed by atoms with Crippen molar-refractivity contribution in [3.63, 3.8) is 0 Å². The summed E-state index contributed by atoms with van der Waals surface area (Å²) < 4.78 is 13.2. The Morgan fingerprint density at radius 1 is 1.33 bits per heavy atom. The maximum atomic E-state index is 13.2. The molecule has 0 heterocycles. The van der Waals surface area contributed by atoms with Crippen molar-refractivity contribution in [3.05, 3.63) is 29.6 Å². The first-order valence-corrected chi connectivity index (χ1v) is 6.95. The van der Waals surface area contributed by atoms with Crippen molar-refractivity contribution in [1.29, 1.82) is 0 Å². The molecular formula is C15H25FIN3O. The molecule has 3 N–H and O–H groups in total. The van der Waals surface area contributed by atoms with Gasteiger partial charge in [0.2, 0.25) is 0 Å². The minimum Gasteiger partial charge on any atom is -0.505 e. The molecule has 0 aliphatic carbocycles. The zero-order chi connectivity index (χ0) is 15.0. The van der Waals surface area contributed by atoms with Crippen molar-refractivity contribution in [2.24, 2.45) is 10.9 Å². The molecule has 0 saturated heterocycles. The summed E-state index contributed by atoms with van der Waals surface area (Å²) in [5.41, 5.74) is 0.755. The summed E-state index contributed by atoms with van der Waals surface area (Å²) in [6.45, 7) is 5.72. The molecule has 0 saturated carbocycles. The van der Waals surface area contributed by atoms with Crippen LogP contribution in [0.15, 0.2) is 23.2 Å². The summed E-state index contributed by atoms with van der Waals surface area (Å²) in [5, 5.41) is 15.5. The molecule has 0 amide bonds. The average Bonchev–Trinajstić information content (AvgIpc) is 2.41. The molecule has 0 bridgehead atoms. The number of hydrogen-bond acceptors (Lipinski definition) is 2. The standard InChI is InChI=1S/C15H24FN3O.HI/c1-11(2)5-4-8-18-15(17-3)19-10-12-6-7-14(20)13(16)9-12;/h6-7,9,11,20H,4-5,8,10H2,1-3H3,(H2,17,18,19);1H. The summed E-state index contributed by atoms with van der Waals surface area (Å²) in [4.78, 5) is 4.11. The van der Waals surface area contributed by atoms with Gasteiger partial charge in [-0.25, -0.2) is 4.39 Å². The Morgan fingerprint density at radius 2 is 2.05 bits per heavy atom. The highest BCUT2D eigenvalue weighted by molar-refractivity contribution is 14.0. The van der Waals surface area contributed by atoms with E-state index >= 15 is 0 Å². The van der Waals surface area contributed by atoms with E-state index in [4.69, 9.17) is 5.11 Å². The van der Waals surface area contributed by atoms with Gasteiger partial charge in [-0.2, -0.15) is 0 Å². The number of nitrogens with zero attached hydrogens (tertiary/aromatic N) is 1. The lowest BCUT2D eigenvalue weighted by molar-refractivity contribution is 0.431. The normalized spacial score (nSPS) is 11.2. The fraction of sp³-hybridized carbons (Fsp3) is 0.533. The quantitative estimate of drug-likeness (QED) is 0.293. The number of guanidine groups is 1. The van der Waals surface area contributed by atoms with E-state index in [9.17, 15) is 4.39 Å². The van der Waals surface area contributed by atoms with E-state index in [1.54, 1.807) is 13.1 Å². The molecule has 0 unspecified atom stereocenters. The van der Waals surface area contributed by atoms with Gasteiger partial charge in [-0.15, -0.1) is 24.0 Å². The van der Waals surface area contributed by atoms with E-state index in [2.05, 4.69) is 29.5 Å². The summed E-state index contributed by atoms with van der Waals surface area (Å²) >= 11 is 0. The molecule has 0 fully saturated rings. The number of aromatic hydroxyl groups is 1. The Hall–Kier alpha value is -1.05. The molecule has 0 aliphatic heterocycles. The van der Waals surface area contributed by atoms with Crippen LogP contribution in [0, 0.1) is 11.7 Å². The fourth-order valence-corrected chi connectivity index (χ4v) is 1.78. The van der Waals surface area contributed by atoms with Crippen molar-refractivity contribution in [1.82, 2.24) is 10.6 Å². The fourth-order valence-electron chi connectivity index (χ4n) is 1.78. The highest BCUT2D eigenvalue weighted by Gasteiger charge is 2.03. The molecule has 1 aromatic rings. The highest BCUT2D eigenvalue weighted by Crippen LogP contribution is 2.15. The molecule has 1 aromatic carbocycles. The third-order valence-electron chi connectivity index (χ3n) is 2.95. The summed E-state index contributed by atoms with van der Waals surface area (Å²) in [6.07, 6.45) is 2.26. The first-order chi connectivity index (χ1) is 9.52. The SMILES string of the molecule is CN=C(NCCCC(C)C)NCc1ccc(O)c(F)c1.I. The van der Waals surface area contributed by atoms with Crippen LogP contribution in [0.4, 0.5) is 4.39 Å². The first-order valence-electron chi connectivity index (χ1n) is 6.95. The predicted molar refractivity (Wildman–Crippen MR) is 95.8 cm³/mol. The van der Waals surface area contributed by atoms with Crippen molar-refractivity contribution in [3.8, 4) is 5.75 Å². The van der Waals surface area contributed by atoms with Gasteiger partial charge in [0.25, 0.3) is 0 Å². The van der Waals surface area contributed by atoms with Crippen molar-refractivity contribution < 1.29 is 9.50 Å². The molecule has 0 aromatic heterocycles. The van der Waals surface area contributed by atoms with Crippen LogP contribution in [0.2, 0.25) is 0 Å². The smallest absolute Gasteiger partial charge is 0.191 e. The Morgan fingerprint density at radius 3 is 2.62 bits per heavy atom. The van der Waals surface area contributed by atoms with Crippen LogP contribution < -0.4 is 10.6 Å². The lowest BCUT2D eigenvalue weighted by Gasteiger charge is -2.12. The second kappa shape index (κ2) is 10.6. The van der Waals surface area contributed by atoms with Crippen LogP contribution in [-0.2, 0) is 6.54 Å². The Labute approximate surface area is 143 Å². The molecule has 0 atom stereocenters. The first kappa shape index (κ1) is 19.9. The number of hydrogen-bond donors (Lipinski definition) is 3. The number of phenolic OH excluding ortho intramolecular Hbond substituents is 1. The van der Waals surface area contributed by atoms with Crippen LogP contribution in [0.3, 0.4) is 0 Å². The minimum absolute atomic E-state index is 0. The van der Waals surface area contributed by atoms with Gasteiger partial charge in [0.1, 0.15) is 0 Å². The van der Waals surface area contributed by atoms with Gasteiger partial charge in [0, 0.05) is 20.1 Å². The van der Waals surface area contributed by atoms with Gasteiger partial charge in [-0.05, 0) is 36.5 Å². The predicted octanol–water partition coefficient (Wildman–Crippen LogP) is 3.25. The van der Waals surface area contributed by atoms with Crippen LogP contribution in [0.5, 0.6) is 5.75 Å². The van der Waals surface area contributed by atoms with Gasteiger partial charge in [-0.3, -0.25) is 4.99 Å². The van der Waals surface area contributed by atoms with Crippen LogP contribution in [-0.4, -0.2) is 24.7 Å². The number of phenols is 1. The van der Waals surface area contributed by atoms with E-state index in [1.165, 1.54) is 18.6 Å². The maximum Gasteiger partial charge on any atom is 0.191 e. The number of benzene rings is 1. The number of halogens is 2. The number of nitrogens with one attached hydrogen (secondary N) is 2. The van der Waals surface area contributed by atoms with Crippen LogP contribution >= 0.6 is 24.0 Å². The van der Waals surface area contributed by atoms with Gasteiger partial charge >= 0.3 is 0 Å². The third kappa shape index (κ3) is 8.08. The molecule has 0 aliphatic rings. The van der Waals surface area contributed by atoms with Crippen molar-refractivity contribution >= 4 is 29.9 Å². The lowest BCUT2D eigenvalue weighted by atomic mass is 10.1. The number of rotatable bonds is 6. The van der Waals surface area contributed by atoms with Gasteiger partial charge in [-0.1, -0.05) is 19.9 Å². The Balaban J connectivity index is 0.00000400. The van der Waals surface area contributed by atoms with E-state index in [0.717, 1.165) is 18.5 Å². The van der Waals surface area contributed by atoms with Crippen LogP contribution in [0.25, 0.3) is 0 Å². The second-order valence-electron chi connectivity index (χ2n) is 5.17. The molecule has 6 heteroatoms. The summed E-state index contributed by atoms with van der Waals surface area (Å²) in [6, 6.07) is 4.34. The van der Waals surface area contributed by atoms with E-state index in [1.807, 2.05) is 0 Å². The Bertz CT molecular complexity index is 453. The molecule has 4 nitrogen and oxygen atoms in total. The third-order valence-corrected chi connectivity index (χ3v) is 2.95. The molecular weight excluding hydrogens is 384 g/mol. The van der Waals surface area contributed by atoms with Crippen molar-refractivity contribution in [2.75, 3.05) is 13.6 Å². The largest absolute Gasteiger partial charge is 0.505 e.